The van der Waals surface area contributed by atoms with Gasteiger partial charge in [-0.15, -0.1) is 0 Å². The summed E-state index contributed by atoms with van der Waals surface area (Å²) in [5.74, 6) is 0. The predicted molar refractivity (Wildman–Crippen MR) is 23.3 cm³/mol. The Balaban J connectivity index is 2.32. The molecule has 0 radical (unpaired) electrons. The summed E-state index contributed by atoms with van der Waals surface area (Å²) < 4.78 is 7.11. The second-order valence-corrected chi connectivity index (χ2v) is 11.8. The van der Waals surface area contributed by atoms with Gasteiger partial charge in [0, 0.05) is 0 Å². The van der Waals surface area contributed by atoms with Crippen molar-refractivity contribution in [3.05, 3.63) is 0 Å². The van der Waals surface area contributed by atoms with Crippen LogP contribution in [0.4, 0.5) is 0 Å². The molecular formula is C3H9Bi. The van der Waals surface area contributed by atoms with E-state index in [0.29, 0.717) is 0 Å². The fourth-order valence-corrected chi connectivity index (χ4v) is 0. The van der Waals surface area contributed by atoms with Crippen molar-refractivity contribution in [3.8, 4) is 0 Å². The minimum absolute atomic E-state index is 0.593. The van der Waals surface area contributed by atoms with Crippen LogP contribution in [0.15, 0.2) is 0 Å². The van der Waals surface area contributed by atoms with E-state index in [1.54, 1.807) is 0 Å². The minimum atomic E-state index is -0.593. The molecule has 0 heterocycles. The molecule has 4 heavy (non-hydrogen) atoms. The quantitative estimate of drug-likeness (QED) is 0.573. The molecule has 0 aromatic carbocycles. The fraction of sp³-hybridized carbons (Fsp3) is 1.00. The van der Waals surface area contributed by atoms with Crippen LogP contribution in [-0.2, 0) is 0 Å². The van der Waals surface area contributed by atoms with Gasteiger partial charge in [0.05, 0.1) is 0 Å². The number of hydrogen-bond acceptors (Lipinski definition) is 0. The molecule has 0 saturated carbocycles. The molecule has 0 saturated heterocycles. The van der Waals surface area contributed by atoms with E-state index < -0.39 is 21.8 Å². The second kappa shape index (κ2) is 2.14. The molecule has 0 unspecified atom stereocenters. The Hall–Kier alpha value is 0.883. The van der Waals surface area contributed by atoms with Gasteiger partial charge in [0.2, 0.25) is 0 Å². The van der Waals surface area contributed by atoms with Gasteiger partial charge in [0.1, 0.15) is 0 Å². The van der Waals surface area contributed by atoms with E-state index in [0.717, 1.165) is 0 Å². The van der Waals surface area contributed by atoms with E-state index in [2.05, 4.69) is 13.9 Å². The summed E-state index contributed by atoms with van der Waals surface area (Å²) in [6.45, 7) is 0. The molecule has 0 aliphatic heterocycles. The molecule has 0 fully saturated rings. The van der Waals surface area contributed by atoms with Gasteiger partial charge in [-0.1, -0.05) is 0 Å². The van der Waals surface area contributed by atoms with Crippen molar-refractivity contribution in [2.45, 2.75) is 13.9 Å². The van der Waals surface area contributed by atoms with E-state index in [1.165, 1.54) is 0 Å². The molecule has 0 atom stereocenters. The summed E-state index contributed by atoms with van der Waals surface area (Å²) in [5.41, 5.74) is 0. The molecule has 26 valence electrons. The van der Waals surface area contributed by atoms with E-state index in [-0.39, 0.29) is 0 Å². The first kappa shape index (κ1) is 4.88. The molecule has 0 aromatic rings. The van der Waals surface area contributed by atoms with Crippen molar-refractivity contribution in [3.63, 3.8) is 0 Å². The van der Waals surface area contributed by atoms with Crippen molar-refractivity contribution in [1.82, 2.24) is 0 Å². The maximum atomic E-state index is 2.37. The van der Waals surface area contributed by atoms with Gasteiger partial charge in [-0.25, -0.2) is 0 Å². The molecule has 0 rings (SSSR count). The molecule has 0 spiro atoms. The Morgan fingerprint density at radius 1 is 1.00 bits per heavy atom. The molecule has 0 nitrogen and oxygen atoms in total. The Bertz CT molecular complexity index is 8.00. The van der Waals surface area contributed by atoms with Crippen LogP contribution in [0, 0.1) is 0 Å². The Kier molecular flexibility index (Phi) is 2.61. The summed E-state index contributed by atoms with van der Waals surface area (Å²) >= 11 is -0.593. The van der Waals surface area contributed by atoms with Gasteiger partial charge in [-0.3, -0.25) is 0 Å². The molecule has 0 aromatic heterocycles. The van der Waals surface area contributed by atoms with Crippen molar-refractivity contribution >= 4 is 21.8 Å². The maximum absolute atomic E-state index is 2.37. The average molecular weight is 254 g/mol. The van der Waals surface area contributed by atoms with Crippen LogP contribution in [0.25, 0.3) is 0 Å². The standard InChI is InChI=1S/3CH3.Bi/h3*1H3;. The molecule has 0 N–H and O–H groups in total. The van der Waals surface area contributed by atoms with Crippen molar-refractivity contribution in [1.29, 1.82) is 0 Å². The predicted octanol–water partition coefficient (Wildman–Crippen LogP) is 1.37. The molecule has 0 aliphatic rings. The third-order valence-electron chi connectivity index (χ3n) is 0. The van der Waals surface area contributed by atoms with Crippen LogP contribution < -0.4 is 0 Å². The third-order valence-corrected chi connectivity index (χ3v) is 0. The van der Waals surface area contributed by atoms with Gasteiger partial charge >= 0.3 is 35.6 Å². The SMILES string of the molecule is [CH3][Bi]([CH3])[CH3]. The zero-order valence-corrected chi connectivity index (χ0v) is 6.92. The Morgan fingerprint density at radius 3 is 1.00 bits per heavy atom. The molecule has 0 amide bonds. The van der Waals surface area contributed by atoms with Gasteiger partial charge < -0.3 is 0 Å². The fourth-order valence-electron chi connectivity index (χ4n) is 0. The normalized spacial score (nSPS) is 9.00. The monoisotopic (exact) mass is 254 g/mol. The van der Waals surface area contributed by atoms with Gasteiger partial charge in [0.15, 0.2) is 0 Å². The number of hydrogen-bond donors (Lipinski definition) is 0. The van der Waals surface area contributed by atoms with E-state index in [4.69, 9.17) is 0 Å². The van der Waals surface area contributed by atoms with Crippen LogP contribution in [0.1, 0.15) is 0 Å². The van der Waals surface area contributed by atoms with E-state index in [1.807, 2.05) is 0 Å². The molecule has 0 aliphatic carbocycles. The van der Waals surface area contributed by atoms with Crippen molar-refractivity contribution in [2.75, 3.05) is 0 Å². The van der Waals surface area contributed by atoms with E-state index in [9.17, 15) is 0 Å². The summed E-state index contributed by atoms with van der Waals surface area (Å²) in [6, 6.07) is 0. The third kappa shape index (κ3) is 13.1. The zero-order chi connectivity index (χ0) is 3.58. The topological polar surface area (TPSA) is 0 Å². The Labute approximate surface area is 35.9 Å². The van der Waals surface area contributed by atoms with Crippen LogP contribution in [0.2, 0.25) is 13.9 Å². The van der Waals surface area contributed by atoms with Crippen LogP contribution in [0.3, 0.4) is 0 Å². The summed E-state index contributed by atoms with van der Waals surface area (Å²) in [6.07, 6.45) is 0. The second-order valence-electron chi connectivity index (χ2n) is 1.34. The van der Waals surface area contributed by atoms with E-state index >= 15 is 0 Å². The number of rotatable bonds is 0. The van der Waals surface area contributed by atoms with Crippen molar-refractivity contribution < 1.29 is 0 Å². The first-order valence-electron chi connectivity index (χ1n) is 1.34. The first-order valence-corrected chi connectivity index (χ1v) is 11.8. The molecular weight excluding hydrogens is 245 g/mol. The van der Waals surface area contributed by atoms with Crippen LogP contribution >= 0.6 is 0 Å². The van der Waals surface area contributed by atoms with Crippen LogP contribution in [0.5, 0.6) is 0 Å². The van der Waals surface area contributed by atoms with Gasteiger partial charge in [-0.05, 0) is 0 Å². The molecule has 1 heteroatoms. The van der Waals surface area contributed by atoms with Gasteiger partial charge in [0.25, 0.3) is 0 Å². The van der Waals surface area contributed by atoms with Crippen LogP contribution in [-0.4, -0.2) is 21.8 Å². The average Bonchev–Trinajstić information content (AvgIpc) is 0.811. The first-order chi connectivity index (χ1) is 1.73. The molecule has 0 bridgehead atoms. The summed E-state index contributed by atoms with van der Waals surface area (Å²) in [5, 5.41) is 0. The summed E-state index contributed by atoms with van der Waals surface area (Å²) in [7, 11) is 0. The summed E-state index contributed by atoms with van der Waals surface area (Å²) in [4.78, 5) is 0. The van der Waals surface area contributed by atoms with Gasteiger partial charge in [-0.2, -0.15) is 0 Å². The zero-order valence-electron chi connectivity index (χ0n) is 3.45. The van der Waals surface area contributed by atoms with Crippen molar-refractivity contribution in [2.24, 2.45) is 0 Å². The Morgan fingerprint density at radius 2 is 1.00 bits per heavy atom.